The van der Waals surface area contributed by atoms with Gasteiger partial charge in [0.2, 0.25) is 0 Å². The molecule has 3 aromatic rings. The number of fused-ring (bicyclic) bond motifs is 6. The van der Waals surface area contributed by atoms with Gasteiger partial charge >= 0.3 is 0 Å². The molecule has 0 spiro atoms. The van der Waals surface area contributed by atoms with Gasteiger partial charge in [0.25, 0.3) is 0 Å². The molecule has 0 unspecified atom stereocenters. The minimum absolute atomic E-state index is 0. The molecule has 7 heteroatoms. The molecule has 2 heterocycles. The van der Waals surface area contributed by atoms with Crippen molar-refractivity contribution in [2.24, 2.45) is 0 Å². The fourth-order valence-corrected chi connectivity index (χ4v) is 7.79. The molecular formula is C34H44BrClN2O3. The first-order chi connectivity index (χ1) is 19.0. The topological polar surface area (TPSA) is 65.0 Å². The minimum Gasteiger partial charge on any atom is -0.504 e. The number of likely N-dealkylation sites (tertiary alicyclic amines) is 1. The van der Waals surface area contributed by atoms with Gasteiger partial charge in [-0.2, -0.15) is 0 Å². The van der Waals surface area contributed by atoms with E-state index in [0.717, 1.165) is 62.4 Å². The predicted molar refractivity (Wildman–Crippen MR) is 174 cm³/mol. The number of hydrogen-bond acceptors (Lipinski definition) is 5. The maximum Gasteiger partial charge on any atom is 0.160 e. The molecule has 5 nitrogen and oxygen atoms in total. The van der Waals surface area contributed by atoms with Crippen LogP contribution in [0.5, 0.6) is 17.2 Å². The van der Waals surface area contributed by atoms with Crippen LogP contribution in [0.25, 0.3) is 0 Å². The molecule has 3 aromatic carbocycles. The Bertz CT molecular complexity index is 1320. The summed E-state index contributed by atoms with van der Waals surface area (Å²) in [4.78, 5) is 2.62. The average Bonchev–Trinajstić information content (AvgIpc) is 3.62. The van der Waals surface area contributed by atoms with Gasteiger partial charge in [-0.1, -0.05) is 48.5 Å². The fraction of sp³-hybridized carbons (Fsp3) is 0.471. The van der Waals surface area contributed by atoms with Crippen LogP contribution in [-0.4, -0.2) is 53.9 Å². The van der Waals surface area contributed by atoms with Gasteiger partial charge in [-0.25, -0.2) is 0 Å². The molecule has 0 aromatic heterocycles. The molecule has 0 bridgehead atoms. The molecule has 3 N–H and O–H groups in total. The number of rotatable bonds is 4. The van der Waals surface area contributed by atoms with Crippen LogP contribution in [0.1, 0.15) is 70.9 Å². The number of phenolic OH excluding ortho intramolecular Hbond substituents is 2. The summed E-state index contributed by atoms with van der Waals surface area (Å²) >= 11 is 0. The molecule has 222 valence electrons. The molecule has 7 rings (SSSR count). The quantitative estimate of drug-likeness (QED) is 0.272. The smallest absolute Gasteiger partial charge is 0.160 e. The zero-order valence-electron chi connectivity index (χ0n) is 24.1. The number of nitrogens with one attached hydrogen (secondary N) is 1. The normalized spacial score (nSPS) is 23.9. The number of aryl methyl sites for hydroxylation is 1. The van der Waals surface area contributed by atoms with Gasteiger partial charge in [0.15, 0.2) is 11.5 Å². The number of halogens is 2. The van der Waals surface area contributed by atoms with E-state index in [-0.39, 0.29) is 40.9 Å². The lowest BCUT2D eigenvalue weighted by Crippen LogP contribution is -2.36. The van der Waals surface area contributed by atoms with Crippen LogP contribution in [0.15, 0.2) is 54.6 Å². The number of benzene rings is 3. The first-order valence-electron chi connectivity index (χ1n) is 14.8. The molecule has 41 heavy (non-hydrogen) atoms. The third-order valence-corrected chi connectivity index (χ3v) is 9.73. The van der Waals surface area contributed by atoms with Gasteiger partial charge in [0.1, 0.15) is 5.75 Å². The molecule has 0 amide bonds. The van der Waals surface area contributed by atoms with Crippen molar-refractivity contribution in [3.8, 4) is 17.2 Å². The summed E-state index contributed by atoms with van der Waals surface area (Å²) in [6, 6.07) is 20.1. The Morgan fingerprint density at radius 1 is 0.878 bits per heavy atom. The van der Waals surface area contributed by atoms with Crippen molar-refractivity contribution < 1.29 is 14.9 Å². The molecule has 2 aliphatic carbocycles. The maximum absolute atomic E-state index is 10.1. The lowest BCUT2D eigenvalue weighted by molar-refractivity contribution is 0.228. The lowest BCUT2D eigenvalue weighted by atomic mass is 9.79. The molecule has 4 atom stereocenters. The zero-order valence-corrected chi connectivity index (χ0v) is 26.7. The highest BCUT2D eigenvalue weighted by atomic mass is 79.9. The van der Waals surface area contributed by atoms with Crippen LogP contribution in [-0.2, 0) is 19.3 Å². The van der Waals surface area contributed by atoms with Gasteiger partial charge in [0, 0.05) is 36.0 Å². The first kappa shape index (κ1) is 31.7. The van der Waals surface area contributed by atoms with Crippen LogP contribution < -0.4 is 10.1 Å². The van der Waals surface area contributed by atoms with Crippen molar-refractivity contribution in [3.05, 3.63) is 88.0 Å². The predicted octanol–water partition coefficient (Wildman–Crippen LogP) is 6.84. The molecule has 2 aliphatic heterocycles. The lowest BCUT2D eigenvalue weighted by Gasteiger charge is -2.33. The number of hydrogen-bond donors (Lipinski definition) is 3. The Labute approximate surface area is 261 Å². The van der Waals surface area contributed by atoms with Crippen molar-refractivity contribution in [3.63, 3.8) is 0 Å². The van der Waals surface area contributed by atoms with Crippen molar-refractivity contribution in [1.29, 1.82) is 0 Å². The summed E-state index contributed by atoms with van der Waals surface area (Å²) in [6.45, 7) is 5.54. The summed E-state index contributed by atoms with van der Waals surface area (Å²) in [5, 5.41) is 23.4. The molecule has 4 aliphatic rings. The van der Waals surface area contributed by atoms with Crippen LogP contribution in [0, 0.1) is 6.92 Å². The van der Waals surface area contributed by atoms with E-state index in [2.05, 4.69) is 59.6 Å². The largest absolute Gasteiger partial charge is 0.504 e. The Balaban J connectivity index is 0.000000190. The zero-order chi connectivity index (χ0) is 26.9. The van der Waals surface area contributed by atoms with Gasteiger partial charge in [0.05, 0.1) is 7.11 Å². The summed E-state index contributed by atoms with van der Waals surface area (Å²) in [5.41, 5.74) is 7.88. The number of phenols is 2. The number of aromatic hydroxyl groups is 2. The number of methoxy groups -OCH3 is 1. The minimum atomic E-state index is 0. The number of nitrogens with zero attached hydrogens (tertiary/aromatic N) is 1. The highest BCUT2D eigenvalue weighted by molar-refractivity contribution is 8.93. The van der Waals surface area contributed by atoms with Crippen LogP contribution in [0.4, 0.5) is 0 Å². The average molecular weight is 644 g/mol. The van der Waals surface area contributed by atoms with Crippen molar-refractivity contribution in [1.82, 2.24) is 10.2 Å². The van der Waals surface area contributed by atoms with Gasteiger partial charge < -0.3 is 20.3 Å². The molecule has 0 saturated carbocycles. The van der Waals surface area contributed by atoms with Gasteiger partial charge in [-0.3, -0.25) is 4.90 Å². The van der Waals surface area contributed by atoms with E-state index in [4.69, 9.17) is 4.74 Å². The van der Waals surface area contributed by atoms with Crippen LogP contribution in [0.3, 0.4) is 0 Å². The maximum atomic E-state index is 10.1. The second kappa shape index (κ2) is 13.8. The van der Waals surface area contributed by atoms with Crippen molar-refractivity contribution in [2.45, 2.75) is 75.8 Å². The molecule has 2 saturated heterocycles. The summed E-state index contributed by atoms with van der Waals surface area (Å²) < 4.78 is 5.57. The summed E-state index contributed by atoms with van der Waals surface area (Å²) in [7, 11) is 1.79. The third kappa shape index (κ3) is 6.27. The van der Waals surface area contributed by atoms with Crippen LogP contribution in [0.2, 0.25) is 0 Å². The molecule has 2 fully saturated rings. The fourth-order valence-electron chi connectivity index (χ4n) is 7.79. The van der Waals surface area contributed by atoms with Crippen molar-refractivity contribution in [2.75, 3.05) is 26.7 Å². The van der Waals surface area contributed by atoms with Crippen molar-refractivity contribution >= 4 is 29.4 Å². The van der Waals surface area contributed by atoms with E-state index < -0.39 is 0 Å². The monoisotopic (exact) mass is 642 g/mol. The van der Waals surface area contributed by atoms with E-state index in [9.17, 15) is 10.2 Å². The van der Waals surface area contributed by atoms with Gasteiger partial charge in [-0.15, -0.1) is 29.4 Å². The SMILES string of the molecule is Br.COc1c(C)ccc2c1CC[C@H]1NCC[C@@H]21.Cl.Oc1ccc2c(c1O)CC[C@@H]1[C@H]2CCN1CCc1ccccc1. The Morgan fingerprint density at radius 3 is 2.39 bits per heavy atom. The van der Waals surface area contributed by atoms with E-state index in [0.29, 0.717) is 18.0 Å². The number of ether oxygens (including phenoxy) is 1. The van der Waals surface area contributed by atoms with E-state index >= 15 is 0 Å². The van der Waals surface area contributed by atoms with E-state index in [1.54, 1.807) is 13.2 Å². The standard InChI is InChI=1S/C20H23NO2.C14H19NO.BrH.ClH/c22-19-9-7-15-16-11-13-21(12-10-14-4-2-1-3-5-14)18(16)8-6-17(15)20(19)23;1-9-3-4-10-11-7-8-15-13(11)6-5-12(10)14(9)16-2;;/h1-5,7,9,16,18,22-23H,6,8,10-13H2;3-4,11,13,15H,5-8H2,1-2H3;2*1H/t16-,18+;11-,13+;;/m00../s1. The summed E-state index contributed by atoms with van der Waals surface area (Å²) in [6.07, 6.45) is 7.88. The second-order valence-corrected chi connectivity index (χ2v) is 11.8. The van der Waals surface area contributed by atoms with E-state index in [1.165, 1.54) is 47.2 Å². The summed E-state index contributed by atoms with van der Waals surface area (Å²) in [5.74, 6) is 2.46. The Hall–Kier alpha value is -2.25. The van der Waals surface area contributed by atoms with E-state index in [1.807, 2.05) is 6.07 Å². The second-order valence-electron chi connectivity index (χ2n) is 11.8. The van der Waals surface area contributed by atoms with Crippen LogP contribution >= 0.6 is 29.4 Å². The third-order valence-electron chi connectivity index (χ3n) is 9.73. The highest BCUT2D eigenvalue weighted by Gasteiger charge is 2.39. The molecular weight excluding hydrogens is 600 g/mol. The molecule has 0 radical (unpaired) electrons. The Morgan fingerprint density at radius 2 is 1.61 bits per heavy atom. The highest BCUT2D eigenvalue weighted by Crippen LogP contribution is 2.46. The van der Waals surface area contributed by atoms with Gasteiger partial charge in [-0.05, 0) is 98.8 Å². The Kier molecular flexibility index (Phi) is 10.7. The first-order valence-corrected chi connectivity index (χ1v) is 14.8.